The Morgan fingerprint density at radius 3 is 2.44 bits per heavy atom. The summed E-state index contributed by atoms with van der Waals surface area (Å²) in [6.07, 6.45) is 0.309. The molecule has 1 unspecified atom stereocenters. The van der Waals surface area contributed by atoms with Crippen LogP contribution in [0.15, 0.2) is 48.5 Å². The third kappa shape index (κ3) is 6.38. The first kappa shape index (κ1) is 20.9. The van der Waals surface area contributed by atoms with Gasteiger partial charge in [-0.2, -0.15) is 0 Å². The quantitative estimate of drug-likeness (QED) is 0.665. The fraction of sp³-hybridized carbons (Fsp3) is 0.333. The van der Waals surface area contributed by atoms with Crippen molar-refractivity contribution >= 4 is 23.3 Å². The number of hydrogen-bond donors (Lipinski definition) is 1. The standard InChI is InChI=1S/C21H25ClN2O3/c1-24(2)19(15-7-9-17(22)10-8-15)14-23-21(26)12-11-20(25)16-5-4-6-18(13-16)27-3/h4-10,13,19H,11-12,14H2,1-3H3,(H,23,26). The lowest BCUT2D eigenvalue weighted by Crippen LogP contribution is -2.34. The summed E-state index contributed by atoms with van der Waals surface area (Å²) in [6, 6.07) is 14.6. The Morgan fingerprint density at radius 2 is 1.81 bits per heavy atom. The summed E-state index contributed by atoms with van der Waals surface area (Å²) in [5.74, 6) is 0.403. The lowest BCUT2D eigenvalue weighted by molar-refractivity contribution is -0.121. The molecule has 0 bridgehead atoms. The second-order valence-corrected chi connectivity index (χ2v) is 6.93. The van der Waals surface area contributed by atoms with Crippen molar-refractivity contribution < 1.29 is 14.3 Å². The molecule has 1 atom stereocenters. The Morgan fingerprint density at radius 1 is 1.11 bits per heavy atom. The highest BCUT2D eigenvalue weighted by Gasteiger charge is 2.16. The Labute approximate surface area is 165 Å². The van der Waals surface area contributed by atoms with Gasteiger partial charge in [-0.05, 0) is 43.9 Å². The monoisotopic (exact) mass is 388 g/mol. The van der Waals surface area contributed by atoms with Gasteiger partial charge < -0.3 is 15.0 Å². The molecule has 0 radical (unpaired) electrons. The highest BCUT2D eigenvalue weighted by molar-refractivity contribution is 6.30. The zero-order valence-corrected chi connectivity index (χ0v) is 16.6. The second-order valence-electron chi connectivity index (χ2n) is 6.49. The zero-order valence-electron chi connectivity index (χ0n) is 15.9. The molecular weight excluding hydrogens is 364 g/mol. The number of likely N-dealkylation sites (N-methyl/N-ethyl adjacent to an activating group) is 1. The molecule has 0 saturated carbocycles. The summed E-state index contributed by atoms with van der Waals surface area (Å²) in [7, 11) is 5.47. The Bertz CT molecular complexity index is 775. The molecule has 27 heavy (non-hydrogen) atoms. The molecule has 0 aromatic heterocycles. The highest BCUT2D eigenvalue weighted by Crippen LogP contribution is 2.20. The third-order valence-electron chi connectivity index (χ3n) is 4.34. The van der Waals surface area contributed by atoms with Crippen molar-refractivity contribution in [3.8, 4) is 5.75 Å². The first-order valence-electron chi connectivity index (χ1n) is 8.76. The van der Waals surface area contributed by atoms with Gasteiger partial charge in [0, 0.05) is 30.0 Å². The van der Waals surface area contributed by atoms with Crippen LogP contribution in [-0.2, 0) is 4.79 Å². The Balaban J connectivity index is 1.86. The number of nitrogens with zero attached hydrogens (tertiary/aromatic N) is 1. The number of carbonyl (C=O) groups is 2. The Kier molecular flexibility index (Phi) is 7.82. The predicted molar refractivity (Wildman–Crippen MR) is 107 cm³/mol. The van der Waals surface area contributed by atoms with E-state index in [2.05, 4.69) is 5.32 Å². The SMILES string of the molecule is COc1cccc(C(=O)CCC(=O)NCC(c2ccc(Cl)cc2)N(C)C)c1. The fourth-order valence-electron chi connectivity index (χ4n) is 2.75. The van der Waals surface area contributed by atoms with Crippen LogP contribution in [-0.4, -0.2) is 44.3 Å². The number of halogens is 1. The first-order valence-corrected chi connectivity index (χ1v) is 9.14. The lowest BCUT2D eigenvalue weighted by atomic mass is 10.0. The van der Waals surface area contributed by atoms with Crippen LogP contribution in [0.1, 0.15) is 34.8 Å². The minimum atomic E-state index is -0.146. The van der Waals surface area contributed by atoms with Gasteiger partial charge in [-0.15, -0.1) is 0 Å². The van der Waals surface area contributed by atoms with Crippen LogP contribution >= 0.6 is 11.6 Å². The van der Waals surface area contributed by atoms with Crippen LogP contribution in [0, 0.1) is 0 Å². The fourth-order valence-corrected chi connectivity index (χ4v) is 2.88. The number of ether oxygens (including phenoxy) is 1. The maximum Gasteiger partial charge on any atom is 0.220 e. The average molecular weight is 389 g/mol. The number of rotatable bonds is 9. The van der Waals surface area contributed by atoms with Gasteiger partial charge in [0.15, 0.2) is 5.78 Å². The summed E-state index contributed by atoms with van der Waals surface area (Å²) in [5.41, 5.74) is 1.62. The molecule has 0 aliphatic carbocycles. The predicted octanol–water partition coefficient (Wildman–Crippen LogP) is 3.73. The maximum atomic E-state index is 12.3. The largest absolute Gasteiger partial charge is 0.497 e. The number of carbonyl (C=O) groups excluding carboxylic acids is 2. The minimum absolute atomic E-state index is 0.0281. The van der Waals surface area contributed by atoms with Crippen LogP contribution < -0.4 is 10.1 Å². The molecule has 0 fully saturated rings. The molecular formula is C21H25ClN2O3. The molecule has 2 rings (SSSR count). The van der Waals surface area contributed by atoms with Gasteiger partial charge in [-0.1, -0.05) is 35.9 Å². The van der Waals surface area contributed by atoms with Crippen LogP contribution in [0.25, 0.3) is 0 Å². The summed E-state index contributed by atoms with van der Waals surface area (Å²) in [6.45, 7) is 0.459. The van der Waals surface area contributed by atoms with E-state index in [0.717, 1.165) is 5.56 Å². The van der Waals surface area contributed by atoms with Crippen molar-refractivity contribution in [3.05, 3.63) is 64.7 Å². The van der Waals surface area contributed by atoms with Crippen molar-refractivity contribution in [3.63, 3.8) is 0 Å². The summed E-state index contributed by atoms with van der Waals surface area (Å²) < 4.78 is 5.12. The van der Waals surface area contributed by atoms with Crippen LogP contribution in [0.2, 0.25) is 5.02 Å². The number of benzene rings is 2. The molecule has 2 aromatic rings. The zero-order chi connectivity index (χ0) is 19.8. The van der Waals surface area contributed by atoms with Gasteiger partial charge >= 0.3 is 0 Å². The first-order chi connectivity index (χ1) is 12.9. The number of ketones is 1. The van der Waals surface area contributed by atoms with Crippen LogP contribution in [0.3, 0.4) is 0 Å². The highest BCUT2D eigenvalue weighted by atomic mass is 35.5. The number of methoxy groups -OCH3 is 1. The van der Waals surface area contributed by atoms with E-state index in [4.69, 9.17) is 16.3 Å². The lowest BCUT2D eigenvalue weighted by Gasteiger charge is -2.25. The van der Waals surface area contributed by atoms with Gasteiger partial charge in [0.25, 0.3) is 0 Å². The number of Topliss-reactive ketones (excluding diaryl/α,β-unsaturated/α-hetero) is 1. The van der Waals surface area contributed by atoms with E-state index in [1.807, 2.05) is 43.3 Å². The van der Waals surface area contributed by atoms with E-state index in [9.17, 15) is 9.59 Å². The summed E-state index contributed by atoms with van der Waals surface area (Å²) in [5, 5.41) is 3.59. The molecule has 0 aliphatic heterocycles. The molecule has 1 N–H and O–H groups in total. The Hall–Kier alpha value is -2.37. The van der Waals surface area contributed by atoms with Gasteiger partial charge in [-0.25, -0.2) is 0 Å². The van der Waals surface area contributed by atoms with Gasteiger partial charge in [-0.3, -0.25) is 9.59 Å². The van der Waals surface area contributed by atoms with Crippen molar-refractivity contribution in [2.75, 3.05) is 27.7 Å². The molecule has 6 heteroatoms. The number of hydrogen-bond acceptors (Lipinski definition) is 4. The molecule has 0 spiro atoms. The molecule has 0 saturated heterocycles. The normalized spacial score (nSPS) is 11.9. The third-order valence-corrected chi connectivity index (χ3v) is 4.59. The molecule has 0 aliphatic rings. The van der Waals surface area contributed by atoms with Crippen molar-refractivity contribution in [1.82, 2.24) is 10.2 Å². The van der Waals surface area contributed by atoms with Crippen molar-refractivity contribution in [2.24, 2.45) is 0 Å². The molecule has 0 heterocycles. The molecule has 1 amide bonds. The molecule has 2 aromatic carbocycles. The van der Waals surface area contributed by atoms with E-state index >= 15 is 0 Å². The average Bonchev–Trinajstić information content (AvgIpc) is 2.67. The van der Waals surface area contributed by atoms with E-state index in [1.54, 1.807) is 31.4 Å². The topological polar surface area (TPSA) is 58.6 Å². The maximum absolute atomic E-state index is 12.3. The summed E-state index contributed by atoms with van der Waals surface area (Å²) in [4.78, 5) is 26.5. The smallest absolute Gasteiger partial charge is 0.220 e. The van der Waals surface area contributed by atoms with Gasteiger partial charge in [0.2, 0.25) is 5.91 Å². The molecule has 144 valence electrons. The van der Waals surface area contributed by atoms with Crippen LogP contribution in [0.4, 0.5) is 0 Å². The number of nitrogens with one attached hydrogen (secondary N) is 1. The van der Waals surface area contributed by atoms with E-state index < -0.39 is 0 Å². The van der Waals surface area contributed by atoms with E-state index in [-0.39, 0.29) is 30.6 Å². The molecule has 5 nitrogen and oxygen atoms in total. The number of amides is 1. The van der Waals surface area contributed by atoms with Crippen molar-refractivity contribution in [2.45, 2.75) is 18.9 Å². The van der Waals surface area contributed by atoms with E-state index in [1.165, 1.54) is 0 Å². The van der Waals surface area contributed by atoms with Gasteiger partial charge in [0.05, 0.1) is 13.2 Å². The van der Waals surface area contributed by atoms with Crippen LogP contribution in [0.5, 0.6) is 5.75 Å². The summed E-state index contributed by atoms with van der Waals surface area (Å²) >= 11 is 5.94. The second kappa shape index (κ2) is 10.1. The van der Waals surface area contributed by atoms with E-state index in [0.29, 0.717) is 22.9 Å². The van der Waals surface area contributed by atoms with Gasteiger partial charge in [0.1, 0.15) is 5.75 Å². The van der Waals surface area contributed by atoms with Crippen molar-refractivity contribution in [1.29, 1.82) is 0 Å². The minimum Gasteiger partial charge on any atom is -0.497 e.